The van der Waals surface area contributed by atoms with Crippen LogP contribution < -0.4 is 10.9 Å². The first-order valence-electron chi connectivity index (χ1n) is 15.2. The van der Waals surface area contributed by atoms with Gasteiger partial charge in [-0.25, -0.2) is 0 Å². The number of rotatable bonds is 4. The maximum atomic E-state index is 12.7. The minimum Gasteiger partial charge on any atom is -0.508 e. The lowest BCUT2D eigenvalue weighted by molar-refractivity contribution is -0.232. The van der Waals surface area contributed by atoms with Gasteiger partial charge in [-0.1, -0.05) is 0 Å². The lowest BCUT2D eigenvalue weighted by atomic mass is 9.89. The zero-order valence-electron chi connectivity index (χ0n) is 26.1. The molecule has 6 aromatic rings. The van der Waals surface area contributed by atoms with Gasteiger partial charge < -0.3 is 64.6 Å². The van der Waals surface area contributed by atoms with Crippen molar-refractivity contribution in [3.05, 3.63) is 105 Å². The second-order valence-corrected chi connectivity index (χ2v) is 11.7. The van der Waals surface area contributed by atoms with E-state index in [1.54, 1.807) is 12.1 Å². The number of phenols is 6. The number of hydrogen-bond acceptors (Lipinski definition) is 15. The van der Waals surface area contributed by atoms with Crippen molar-refractivity contribution in [2.75, 3.05) is 6.61 Å². The molecule has 7 rings (SSSR count). The van der Waals surface area contributed by atoms with Crippen LogP contribution in [0.25, 0.3) is 44.6 Å². The Bertz CT molecular complexity index is 2340. The SMILES string of the molecule is O=c1cc(-c2ccc(O)cc2)oc2cc(O)c([C@@H]3OC(CO)[C@@H](O)[C@H](O)C3O)c(O)c12.O=c1cc(-c2ccc(O)cc2)oc2cc(O)cc(O)c12. The first kappa shape index (κ1) is 34.8. The predicted octanol–water partition coefficient (Wildman–Crippen LogP) is 2.67. The number of ether oxygens (including phenoxy) is 1. The monoisotopic (exact) mass is 702 g/mol. The van der Waals surface area contributed by atoms with Crippen LogP contribution in [0.15, 0.2) is 97.3 Å². The van der Waals surface area contributed by atoms with E-state index >= 15 is 0 Å². The van der Waals surface area contributed by atoms with E-state index in [0.29, 0.717) is 11.1 Å². The van der Waals surface area contributed by atoms with Crippen molar-refractivity contribution in [2.45, 2.75) is 30.5 Å². The summed E-state index contributed by atoms with van der Waals surface area (Å²) < 4.78 is 16.6. The third-order valence-corrected chi connectivity index (χ3v) is 8.29. The standard InChI is InChI=1S/C21H20O10.C15H10O5/c22-7-14-17(26)19(28)20(29)21(31-14)16-11(25)6-13-15(18(16)27)10(24)5-12(30-13)8-1-3-9(23)4-2-8;16-9-3-1-8(2-4-9)13-7-12(19)15-11(18)5-10(17)6-14(15)20-13/h1-6,14,17,19-23,25-29H,7H2;1-7,16-18H/t14?,17-,19+,20?,21+;/m1./s1. The molecule has 0 bridgehead atoms. The number of aliphatic hydroxyl groups excluding tert-OH is 4. The zero-order chi connectivity index (χ0) is 36.7. The van der Waals surface area contributed by atoms with Crippen molar-refractivity contribution >= 4 is 21.9 Å². The highest BCUT2D eigenvalue weighted by Crippen LogP contribution is 2.44. The maximum Gasteiger partial charge on any atom is 0.197 e. The van der Waals surface area contributed by atoms with Crippen molar-refractivity contribution < 1.29 is 64.6 Å². The van der Waals surface area contributed by atoms with Gasteiger partial charge in [0, 0.05) is 41.5 Å². The zero-order valence-corrected chi connectivity index (χ0v) is 26.1. The lowest BCUT2D eigenvalue weighted by Crippen LogP contribution is -2.55. The number of aromatic hydroxyl groups is 6. The Balaban J connectivity index is 0.000000193. The molecule has 0 spiro atoms. The van der Waals surface area contributed by atoms with E-state index in [9.17, 15) is 60.7 Å². The average Bonchev–Trinajstić information content (AvgIpc) is 3.08. The second-order valence-electron chi connectivity index (χ2n) is 11.7. The van der Waals surface area contributed by atoms with Crippen molar-refractivity contribution in [3.8, 4) is 57.1 Å². The van der Waals surface area contributed by atoms with Crippen LogP contribution in [0, 0.1) is 0 Å². The largest absolute Gasteiger partial charge is 0.508 e. The van der Waals surface area contributed by atoms with Crippen molar-refractivity contribution in [1.29, 1.82) is 0 Å². The molecular weight excluding hydrogens is 672 g/mol. The third-order valence-electron chi connectivity index (χ3n) is 8.29. The molecule has 15 heteroatoms. The van der Waals surface area contributed by atoms with Crippen LogP contribution in [0.3, 0.4) is 0 Å². The molecule has 0 saturated carbocycles. The molecule has 1 saturated heterocycles. The van der Waals surface area contributed by atoms with E-state index in [1.165, 1.54) is 48.5 Å². The number of fused-ring (bicyclic) bond motifs is 2. The number of phenolic OH excluding ortho intramolecular Hbond substituents is 6. The van der Waals surface area contributed by atoms with Crippen LogP contribution in [-0.4, -0.2) is 82.1 Å². The van der Waals surface area contributed by atoms with Crippen LogP contribution in [-0.2, 0) is 4.74 Å². The number of benzene rings is 4. The van der Waals surface area contributed by atoms with Crippen LogP contribution >= 0.6 is 0 Å². The molecule has 51 heavy (non-hydrogen) atoms. The van der Waals surface area contributed by atoms with Crippen LogP contribution in [0.2, 0.25) is 0 Å². The molecule has 1 aliphatic heterocycles. The summed E-state index contributed by atoms with van der Waals surface area (Å²) >= 11 is 0. The highest BCUT2D eigenvalue weighted by molar-refractivity contribution is 5.88. The Hall–Kier alpha value is -6.10. The number of aliphatic hydroxyl groups is 4. The first-order valence-corrected chi connectivity index (χ1v) is 15.2. The normalized spacial score (nSPS) is 20.2. The molecule has 0 amide bonds. The third kappa shape index (κ3) is 6.62. The van der Waals surface area contributed by atoms with Gasteiger partial charge in [-0.05, 0) is 48.5 Å². The molecule has 1 fully saturated rings. The molecule has 2 aromatic heterocycles. The number of hydrogen-bond donors (Lipinski definition) is 10. The quantitative estimate of drug-likeness (QED) is 0.126. The Morgan fingerprint density at radius 1 is 0.549 bits per heavy atom. The van der Waals surface area contributed by atoms with Crippen molar-refractivity contribution in [1.82, 2.24) is 0 Å². The van der Waals surface area contributed by atoms with Gasteiger partial charge in [0.25, 0.3) is 0 Å². The van der Waals surface area contributed by atoms with Gasteiger partial charge in [0.05, 0.1) is 12.2 Å². The molecule has 264 valence electrons. The summed E-state index contributed by atoms with van der Waals surface area (Å²) in [5, 5.41) is 98.4. The minimum absolute atomic E-state index is 0.0188. The predicted molar refractivity (Wildman–Crippen MR) is 179 cm³/mol. The molecule has 1 aliphatic rings. The maximum absolute atomic E-state index is 12.7. The molecule has 0 radical (unpaired) electrons. The Labute approximate surface area is 285 Å². The van der Waals surface area contributed by atoms with Gasteiger partial charge in [-0.3, -0.25) is 9.59 Å². The van der Waals surface area contributed by atoms with Crippen LogP contribution in [0.1, 0.15) is 11.7 Å². The first-order chi connectivity index (χ1) is 24.3. The fraction of sp³-hybridized carbons (Fsp3) is 0.167. The van der Waals surface area contributed by atoms with Gasteiger partial charge in [0.1, 0.15) is 98.5 Å². The van der Waals surface area contributed by atoms with E-state index in [4.69, 9.17) is 13.6 Å². The van der Waals surface area contributed by atoms with Crippen LogP contribution in [0.5, 0.6) is 34.5 Å². The topological polar surface area (TPSA) is 272 Å². The van der Waals surface area contributed by atoms with Gasteiger partial charge >= 0.3 is 0 Å². The highest BCUT2D eigenvalue weighted by atomic mass is 16.5. The molecular formula is C36H30O15. The highest BCUT2D eigenvalue weighted by Gasteiger charge is 2.46. The molecule has 4 aromatic carbocycles. The molecule has 0 aliphatic carbocycles. The van der Waals surface area contributed by atoms with E-state index in [2.05, 4.69) is 0 Å². The Kier molecular flexibility index (Phi) is 9.31. The fourth-order valence-electron chi connectivity index (χ4n) is 5.72. The lowest BCUT2D eigenvalue weighted by Gasteiger charge is -2.40. The summed E-state index contributed by atoms with van der Waals surface area (Å²) in [6, 6.07) is 17.7. The van der Waals surface area contributed by atoms with Gasteiger partial charge in [-0.15, -0.1) is 0 Å². The molecule has 2 unspecified atom stereocenters. The Morgan fingerprint density at radius 2 is 1.06 bits per heavy atom. The summed E-state index contributed by atoms with van der Waals surface area (Å²) in [6.07, 6.45) is -7.95. The summed E-state index contributed by atoms with van der Waals surface area (Å²) in [4.78, 5) is 24.8. The van der Waals surface area contributed by atoms with Crippen molar-refractivity contribution in [2.24, 2.45) is 0 Å². The minimum atomic E-state index is -1.77. The average molecular weight is 703 g/mol. The second kappa shape index (κ2) is 13.7. The van der Waals surface area contributed by atoms with E-state index < -0.39 is 65.0 Å². The summed E-state index contributed by atoms with van der Waals surface area (Å²) in [6.45, 7) is -0.700. The Morgan fingerprint density at radius 3 is 1.59 bits per heavy atom. The fourth-order valence-corrected chi connectivity index (χ4v) is 5.72. The molecule has 10 N–H and O–H groups in total. The smallest absolute Gasteiger partial charge is 0.197 e. The van der Waals surface area contributed by atoms with Gasteiger partial charge in [0.2, 0.25) is 0 Å². The van der Waals surface area contributed by atoms with Crippen LogP contribution in [0.4, 0.5) is 0 Å². The molecule has 3 heterocycles. The summed E-state index contributed by atoms with van der Waals surface area (Å²) in [7, 11) is 0. The van der Waals surface area contributed by atoms with Crippen molar-refractivity contribution in [3.63, 3.8) is 0 Å². The van der Waals surface area contributed by atoms with E-state index in [0.717, 1.165) is 18.2 Å². The van der Waals surface area contributed by atoms with Gasteiger partial charge in [0.15, 0.2) is 10.9 Å². The summed E-state index contributed by atoms with van der Waals surface area (Å²) in [5.74, 6) is -1.32. The molecule has 15 nitrogen and oxygen atoms in total. The van der Waals surface area contributed by atoms with E-state index in [1.807, 2.05) is 0 Å². The molecule has 5 atom stereocenters. The van der Waals surface area contributed by atoms with Gasteiger partial charge in [-0.2, -0.15) is 0 Å². The van der Waals surface area contributed by atoms with E-state index in [-0.39, 0.29) is 56.5 Å². The summed E-state index contributed by atoms with van der Waals surface area (Å²) in [5.41, 5.74) is -0.455.